The van der Waals surface area contributed by atoms with Gasteiger partial charge in [0.15, 0.2) is 0 Å². The number of hydrogen-bond acceptors (Lipinski definition) is 2. The van der Waals surface area contributed by atoms with Crippen molar-refractivity contribution in [1.82, 2.24) is 0 Å². The number of allylic oxidation sites excluding steroid dienone is 4. The van der Waals surface area contributed by atoms with Crippen LogP contribution < -0.4 is 5.73 Å². The van der Waals surface area contributed by atoms with Crippen LogP contribution in [-0.2, 0) is 0 Å². The first kappa shape index (κ1) is 33.8. The van der Waals surface area contributed by atoms with Crippen molar-refractivity contribution >= 4 is 0 Å². The highest BCUT2D eigenvalue weighted by atomic mass is 19.4. The van der Waals surface area contributed by atoms with Crippen LogP contribution >= 0.6 is 0 Å². The topological polar surface area (TPSA) is 46.2 Å². The molecule has 3 N–H and O–H groups in total. The normalized spacial score (nSPS) is 41.3. The molecule has 0 aromatic rings. The van der Waals surface area contributed by atoms with Crippen molar-refractivity contribution in [3.8, 4) is 0 Å². The summed E-state index contributed by atoms with van der Waals surface area (Å²) in [6.07, 6.45) is 16.0. The fourth-order valence-electron chi connectivity index (χ4n) is 9.54. The molecule has 11 atom stereocenters. The molecule has 4 aliphatic carbocycles. The van der Waals surface area contributed by atoms with Crippen molar-refractivity contribution < 1.29 is 18.3 Å². The highest BCUT2D eigenvalue weighted by molar-refractivity contribution is 5.09. The zero-order valence-corrected chi connectivity index (χ0v) is 26.9. The molecule has 0 aromatic carbocycles. The van der Waals surface area contributed by atoms with E-state index in [0.29, 0.717) is 37.0 Å². The number of alkyl halides is 3. The maximum atomic E-state index is 14.3. The van der Waals surface area contributed by atoms with Crippen molar-refractivity contribution in [1.29, 1.82) is 0 Å². The summed E-state index contributed by atoms with van der Waals surface area (Å²) in [5.41, 5.74) is 8.56. The number of aliphatic hydroxyl groups is 1. The van der Waals surface area contributed by atoms with Gasteiger partial charge in [0.05, 0.1) is 12.0 Å². The summed E-state index contributed by atoms with van der Waals surface area (Å²) < 4.78 is 42.8. The molecular weight excluding hydrogens is 531 g/mol. The Kier molecular flexibility index (Phi) is 11.6. The van der Waals surface area contributed by atoms with Crippen LogP contribution in [0.4, 0.5) is 13.2 Å². The number of rotatable bonds is 9. The molecule has 4 aliphatic rings. The van der Waals surface area contributed by atoms with Gasteiger partial charge < -0.3 is 10.8 Å². The molecule has 4 rings (SSSR count). The van der Waals surface area contributed by atoms with Crippen molar-refractivity contribution in [2.24, 2.45) is 64.4 Å². The molecule has 0 spiro atoms. The van der Waals surface area contributed by atoms with Crippen molar-refractivity contribution in [2.75, 3.05) is 0 Å². The summed E-state index contributed by atoms with van der Waals surface area (Å²) in [4.78, 5) is 0. The Hall–Kier alpha value is -1.07. The lowest BCUT2D eigenvalue weighted by Crippen LogP contribution is -2.54. The minimum atomic E-state index is -4.18. The number of aliphatic hydroxyl groups excluding tert-OH is 1. The SMILES string of the molecule is C=CCC1CCC(C)CC1(C)C(N)C1CC(C(O)CC2CCC(CC=C3CCC(C)CC3)C(C(F)(F)F)C2)C=CC1C. The van der Waals surface area contributed by atoms with Crippen LogP contribution in [0.5, 0.6) is 0 Å². The highest BCUT2D eigenvalue weighted by Gasteiger charge is 2.49. The fourth-order valence-corrected chi connectivity index (χ4v) is 9.54. The van der Waals surface area contributed by atoms with Gasteiger partial charge in [-0.05, 0) is 124 Å². The first-order valence-electron chi connectivity index (χ1n) is 17.3. The lowest BCUT2D eigenvalue weighted by Gasteiger charge is -2.52. The summed E-state index contributed by atoms with van der Waals surface area (Å²) in [7, 11) is 0. The van der Waals surface area contributed by atoms with Gasteiger partial charge in [0.25, 0.3) is 0 Å². The standard InChI is InChI=1S/C37H60F3NO/c1-6-7-31-19-10-25(3)23-36(31,5)35(41)32-22-30(16-11-26(32)4)34(42)21-28-15-18-29(33(20-28)37(38,39)40)17-14-27-12-8-24(2)9-13-27/h6,11,14,16,24-26,28-35,42H,1,7-10,12-13,15,17-23,41H2,2-5H3. The molecule has 3 fully saturated rings. The molecule has 0 amide bonds. The number of halogens is 3. The smallest absolute Gasteiger partial charge is 0.392 e. The van der Waals surface area contributed by atoms with Crippen molar-refractivity contribution in [2.45, 2.75) is 136 Å². The largest absolute Gasteiger partial charge is 0.393 e. The molecule has 42 heavy (non-hydrogen) atoms. The maximum Gasteiger partial charge on any atom is 0.392 e. The molecule has 0 aliphatic heterocycles. The minimum Gasteiger partial charge on any atom is -0.393 e. The lowest BCUT2D eigenvalue weighted by molar-refractivity contribution is -0.201. The third-order valence-electron chi connectivity index (χ3n) is 12.5. The van der Waals surface area contributed by atoms with Crippen LogP contribution in [0, 0.1) is 58.7 Å². The van der Waals surface area contributed by atoms with E-state index in [1.54, 1.807) is 0 Å². The van der Waals surface area contributed by atoms with Crippen LogP contribution in [0.1, 0.15) is 118 Å². The molecule has 0 saturated heterocycles. The quantitative estimate of drug-likeness (QED) is 0.262. The Balaban J connectivity index is 1.37. The Bertz CT molecular complexity index is 932. The van der Waals surface area contributed by atoms with Crippen molar-refractivity contribution in [3.63, 3.8) is 0 Å². The molecule has 3 saturated carbocycles. The second kappa shape index (κ2) is 14.4. The van der Waals surface area contributed by atoms with E-state index >= 15 is 0 Å². The van der Waals surface area contributed by atoms with Gasteiger partial charge in [0.2, 0.25) is 0 Å². The van der Waals surface area contributed by atoms with Gasteiger partial charge in [-0.1, -0.05) is 70.4 Å². The Morgan fingerprint density at radius 1 is 1.00 bits per heavy atom. The second-order valence-corrected chi connectivity index (χ2v) is 15.6. The summed E-state index contributed by atoms with van der Waals surface area (Å²) in [6, 6.07) is 0.0198. The van der Waals surface area contributed by atoms with Gasteiger partial charge in [0.1, 0.15) is 0 Å². The number of hydrogen-bond donors (Lipinski definition) is 2. The van der Waals surface area contributed by atoms with E-state index in [1.807, 2.05) is 6.08 Å². The highest BCUT2D eigenvalue weighted by Crippen LogP contribution is 2.52. The molecule has 11 unspecified atom stereocenters. The fraction of sp³-hybridized carbons (Fsp3) is 0.838. The monoisotopic (exact) mass is 591 g/mol. The van der Waals surface area contributed by atoms with Crippen LogP contribution in [0.25, 0.3) is 0 Å². The molecule has 240 valence electrons. The molecular formula is C37H60F3NO. The first-order chi connectivity index (χ1) is 19.8. The van der Waals surface area contributed by atoms with E-state index in [4.69, 9.17) is 5.73 Å². The van der Waals surface area contributed by atoms with Gasteiger partial charge in [-0.2, -0.15) is 13.2 Å². The Morgan fingerprint density at radius 2 is 1.71 bits per heavy atom. The molecule has 0 radical (unpaired) electrons. The van der Waals surface area contributed by atoms with Crippen LogP contribution in [0.2, 0.25) is 0 Å². The summed E-state index contributed by atoms with van der Waals surface area (Å²) in [5.74, 6) is 0.770. The minimum absolute atomic E-state index is 0.0198. The maximum absolute atomic E-state index is 14.3. The zero-order valence-electron chi connectivity index (χ0n) is 26.9. The van der Waals surface area contributed by atoms with E-state index in [-0.39, 0.29) is 41.5 Å². The first-order valence-corrected chi connectivity index (χ1v) is 17.3. The van der Waals surface area contributed by atoms with Gasteiger partial charge in [0, 0.05) is 12.0 Å². The predicted molar refractivity (Wildman–Crippen MR) is 169 cm³/mol. The van der Waals surface area contributed by atoms with Crippen LogP contribution in [0.15, 0.2) is 36.5 Å². The van der Waals surface area contributed by atoms with Crippen LogP contribution in [0.3, 0.4) is 0 Å². The average molecular weight is 592 g/mol. The van der Waals surface area contributed by atoms with E-state index in [0.717, 1.165) is 57.3 Å². The molecule has 0 heterocycles. The third-order valence-corrected chi connectivity index (χ3v) is 12.5. The van der Waals surface area contributed by atoms with E-state index < -0.39 is 18.2 Å². The van der Waals surface area contributed by atoms with Gasteiger partial charge >= 0.3 is 6.18 Å². The van der Waals surface area contributed by atoms with Crippen molar-refractivity contribution in [3.05, 3.63) is 36.5 Å². The lowest BCUT2D eigenvalue weighted by atomic mass is 9.55. The predicted octanol–water partition coefficient (Wildman–Crippen LogP) is 10.0. The summed E-state index contributed by atoms with van der Waals surface area (Å²) in [5, 5.41) is 11.4. The molecule has 0 aromatic heterocycles. The van der Waals surface area contributed by atoms with E-state index in [9.17, 15) is 18.3 Å². The summed E-state index contributed by atoms with van der Waals surface area (Å²) in [6.45, 7) is 13.2. The van der Waals surface area contributed by atoms with E-state index in [2.05, 4.69) is 52.5 Å². The van der Waals surface area contributed by atoms with Crippen LogP contribution in [-0.4, -0.2) is 23.4 Å². The van der Waals surface area contributed by atoms with Gasteiger partial charge in [-0.3, -0.25) is 0 Å². The summed E-state index contributed by atoms with van der Waals surface area (Å²) >= 11 is 0. The Morgan fingerprint density at radius 3 is 2.38 bits per heavy atom. The van der Waals surface area contributed by atoms with Gasteiger partial charge in [-0.15, -0.1) is 6.58 Å². The third kappa shape index (κ3) is 8.14. The zero-order chi connectivity index (χ0) is 30.7. The van der Waals surface area contributed by atoms with E-state index in [1.165, 1.54) is 18.4 Å². The second-order valence-electron chi connectivity index (χ2n) is 15.6. The molecule has 2 nitrogen and oxygen atoms in total. The number of nitrogens with two attached hydrogens (primary N) is 1. The van der Waals surface area contributed by atoms with Gasteiger partial charge in [-0.25, -0.2) is 0 Å². The average Bonchev–Trinajstić information content (AvgIpc) is 2.94. The molecule has 5 heteroatoms. The molecule has 0 bridgehead atoms. The Labute approximate surface area is 254 Å².